The standard InChI is InChI=1S/C15H16N6O6S/c1-10-16-8-15(21(26)27)19(10)9-14(23)18-17-7-11-2-3-13(28-5-4-22)12(6-11)20(24)25/h2-3,6-8,22H,4-5,9H2,1H3,(H,18,23). The second-order valence-corrected chi connectivity index (χ2v) is 6.49. The molecule has 0 aliphatic rings. The number of nitrogens with zero attached hydrogens (tertiary/aromatic N) is 5. The first kappa shape index (κ1) is 21.0. The topological polar surface area (TPSA) is 166 Å². The number of aromatic nitrogens is 2. The van der Waals surface area contributed by atoms with E-state index in [-0.39, 0.29) is 24.7 Å². The fourth-order valence-corrected chi connectivity index (χ4v) is 2.95. The number of benzene rings is 1. The maximum absolute atomic E-state index is 11.9. The molecule has 2 aromatic rings. The average Bonchev–Trinajstić information content (AvgIpc) is 3.01. The van der Waals surface area contributed by atoms with Crippen molar-refractivity contribution < 1.29 is 19.7 Å². The maximum atomic E-state index is 11.9. The zero-order chi connectivity index (χ0) is 20.7. The van der Waals surface area contributed by atoms with Crippen LogP contribution in [0.15, 0.2) is 34.4 Å². The second kappa shape index (κ2) is 9.57. The summed E-state index contributed by atoms with van der Waals surface area (Å²) in [5.74, 6) is -0.310. The van der Waals surface area contributed by atoms with Gasteiger partial charge in [0.15, 0.2) is 12.4 Å². The molecule has 0 bridgehead atoms. The molecule has 0 unspecified atom stereocenters. The van der Waals surface area contributed by atoms with E-state index in [1.54, 1.807) is 6.07 Å². The van der Waals surface area contributed by atoms with Crippen LogP contribution < -0.4 is 5.43 Å². The fourth-order valence-electron chi connectivity index (χ4n) is 2.19. The van der Waals surface area contributed by atoms with Crippen molar-refractivity contribution in [3.8, 4) is 0 Å². The van der Waals surface area contributed by atoms with E-state index in [1.165, 1.54) is 25.3 Å². The van der Waals surface area contributed by atoms with Gasteiger partial charge in [-0.2, -0.15) is 5.10 Å². The Balaban J connectivity index is 2.05. The van der Waals surface area contributed by atoms with Gasteiger partial charge in [-0.1, -0.05) is 6.07 Å². The van der Waals surface area contributed by atoms with Crippen LogP contribution in [0.2, 0.25) is 0 Å². The maximum Gasteiger partial charge on any atom is 0.343 e. The summed E-state index contributed by atoms with van der Waals surface area (Å²) in [5.41, 5.74) is 2.45. The van der Waals surface area contributed by atoms with E-state index in [1.807, 2.05) is 0 Å². The van der Waals surface area contributed by atoms with Gasteiger partial charge in [0.2, 0.25) is 0 Å². The number of aryl methyl sites for hydroxylation is 1. The second-order valence-electron chi connectivity index (χ2n) is 5.36. The predicted octanol–water partition coefficient (Wildman–Crippen LogP) is 1.24. The third-order valence-electron chi connectivity index (χ3n) is 3.45. The molecule has 2 N–H and O–H groups in total. The van der Waals surface area contributed by atoms with Crippen LogP contribution in [0.1, 0.15) is 11.4 Å². The van der Waals surface area contributed by atoms with Gasteiger partial charge < -0.3 is 15.2 Å². The molecule has 0 saturated carbocycles. The number of thioether (sulfide) groups is 1. The quantitative estimate of drug-likeness (QED) is 0.270. The van der Waals surface area contributed by atoms with Crippen molar-refractivity contribution in [2.24, 2.45) is 5.10 Å². The SMILES string of the molecule is Cc1ncc([N+](=O)[O-])n1CC(=O)NN=Cc1ccc(SCCO)c([N+](=O)[O-])c1. The molecule has 0 saturated heterocycles. The summed E-state index contributed by atoms with van der Waals surface area (Å²) in [6.45, 7) is 1.07. The number of aliphatic hydroxyl groups is 1. The summed E-state index contributed by atoms with van der Waals surface area (Å²) < 4.78 is 1.13. The summed E-state index contributed by atoms with van der Waals surface area (Å²) in [5, 5.41) is 34.6. The van der Waals surface area contributed by atoms with E-state index < -0.39 is 15.8 Å². The molecule has 13 heteroatoms. The van der Waals surface area contributed by atoms with Crippen LogP contribution in [0, 0.1) is 27.2 Å². The smallest absolute Gasteiger partial charge is 0.343 e. The monoisotopic (exact) mass is 408 g/mol. The molecule has 2 rings (SSSR count). The number of hydrazone groups is 1. The number of carbonyl (C=O) groups excluding carboxylic acids is 1. The van der Waals surface area contributed by atoms with Gasteiger partial charge in [0, 0.05) is 24.3 Å². The van der Waals surface area contributed by atoms with Crippen molar-refractivity contribution in [2.45, 2.75) is 18.4 Å². The van der Waals surface area contributed by atoms with Gasteiger partial charge in [-0.25, -0.2) is 15.0 Å². The van der Waals surface area contributed by atoms with Gasteiger partial charge in [-0.15, -0.1) is 11.8 Å². The number of amides is 1. The summed E-state index contributed by atoms with van der Waals surface area (Å²) in [7, 11) is 0. The minimum absolute atomic E-state index is 0.106. The Morgan fingerprint density at radius 1 is 1.39 bits per heavy atom. The molecular formula is C15H16N6O6S. The number of carbonyl (C=O) groups is 1. The highest BCUT2D eigenvalue weighted by molar-refractivity contribution is 7.99. The van der Waals surface area contributed by atoms with Crippen molar-refractivity contribution >= 4 is 35.4 Å². The highest BCUT2D eigenvalue weighted by atomic mass is 32.2. The van der Waals surface area contributed by atoms with Crippen molar-refractivity contribution in [3.05, 3.63) is 56.0 Å². The molecule has 1 amide bonds. The summed E-state index contributed by atoms with van der Waals surface area (Å²) in [6.07, 6.45) is 2.28. The summed E-state index contributed by atoms with van der Waals surface area (Å²) >= 11 is 1.15. The molecule has 148 valence electrons. The molecule has 0 spiro atoms. The number of nitrogens with one attached hydrogen (secondary N) is 1. The zero-order valence-corrected chi connectivity index (χ0v) is 15.5. The number of nitro groups is 2. The van der Waals surface area contributed by atoms with Gasteiger partial charge >= 0.3 is 5.82 Å². The average molecular weight is 408 g/mol. The lowest BCUT2D eigenvalue weighted by atomic mass is 10.2. The van der Waals surface area contributed by atoms with E-state index in [9.17, 15) is 25.0 Å². The van der Waals surface area contributed by atoms with Crippen LogP contribution in [0.25, 0.3) is 0 Å². The molecule has 1 heterocycles. The highest BCUT2D eigenvalue weighted by Crippen LogP contribution is 2.29. The first-order valence-electron chi connectivity index (χ1n) is 7.84. The van der Waals surface area contributed by atoms with E-state index in [0.29, 0.717) is 22.0 Å². The Bertz CT molecular complexity index is 928. The molecule has 1 aromatic carbocycles. The number of nitro benzene ring substituents is 1. The Kier molecular flexibility index (Phi) is 7.17. The van der Waals surface area contributed by atoms with Crippen LogP contribution >= 0.6 is 11.8 Å². The van der Waals surface area contributed by atoms with Crippen LogP contribution in [-0.4, -0.2) is 49.0 Å². The Morgan fingerprint density at radius 2 is 2.14 bits per heavy atom. The minimum Gasteiger partial charge on any atom is -0.396 e. The number of hydrogen-bond acceptors (Lipinski definition) is 9. The van der Waals surface area contributed by atoms with Gasteiger partial charge in [-0.3, -0.25) is 14.9 Å². The number of hydrogen-bond donors (Lipinski definition) is 2. The predicted molar refractivity (Wildman–Crippen MR) is 100 cm³/mol. The lowest BCUT2D eigenvalue weighted by molar-refractivity contribution is -0.392. The first-order valence-corrected chi connectivity index (χ1v) is 8.82. The van der Waals surface area contributed by atoms with E-state index in [0.717, 1.165) is 22.5 Å². The van der Waals surface area contributed by atoms with Crippen LogP contribution in [0.4, 0.5) is 11.5 Å². The lowest BCUT2D eigenvalue weighted by Gasteiger charge is -2.03. The van der Waals surface area contributed by atoms with Crippen molar-refractivity contribution in [1.29, 1.82) is 0 Å². The fraction of sp³-hybridized carbons (Fsp3) is 0.267. The normalized spacial score (nSPS) is 10.9. The van der Waals surface area contributed by atoms with E-state index >= 15 is 0 Å². The van der Waals surface area contributed by atoms with E-state index in [4.69, 9.17) is 5.11 Å². The van der Waals surface area contributed by atoms with Crippen LogP contribution in [0.5, 0.6) is 0 Å². The van der Waals surface area contributed by atoms with Crippen molar-refractivity contribution in [1.82, 2.24) is 15.0 Å². The number of imidazole rings is 1. The third-order valence-corrected chi connectivity index (χ3v) is 4.50. The zero-order valence-electron chi connectivity index (χ0n) is 14.6. The van der Waals surface area contributed by atoms with Crippen LogP contribution in [-0.2, 0) is 11.3 Å². The molecular weight excluding hydrogens is 392 g/mol. The van der Waals surface area contributed by atoms with Gasteiger partial charge in [-0.05, 0) is 11.0 Å². The summed E-state index contributed by atoms with van der Waals surface area (Å²) in [6, 6.07) is 4.40. The molecule has 28 heavy (non-hydrogen) atoms. The van der Waals surface area contributed by atoms with Crippen molar-refractivity contribution in [2.75, 3.05) is 12.4 Å². The molecule has 0 radical (unpaired) electrons. The molecule has 0 aliphatic heterocycles. The van der Waals surface area contributed by atoms with E-state index in [2.05, 4.69) is 15.5 Å². The van der Waals surface area contributed by atoms with Gasteiger partial charge in [0.05, 0.1) is 22.6 Å². The molecule has 1 aromatic heterocycles. The highest BCUT2D eigenvalue weighted by Gasteiger charge is 2.20. The van der Waals surface area contributed by atoms with Gasteiger partial charge in [0.25, 0.3) is 11.6 Å². The molecule has 0 atom stereocenters. The first-order chi connectivity index (χ1) is 13.3. The summed E-state index contributed by atoms with van der Waals surface area (Å²) in [4.78, 5) is 37.0. The van der Waals surface area contributed by atoms with Gasteiger partial charge in [0.1, 0.15) is 6.20 Å². The largest absolute Gasteiger partial charge is 0.396 e. The lowest BCUT2D eigenvalue weighted by Crippen LogP contribution is -2.24. The Morgan fingerprint density at radius 3 is 2.79 bits per heavy atom. The Labute approximate surface area is 162 Å². The van der Waals surface area contributed by atoms with Crippen LogP contribution in [0.3, 0.4) is 0 Å². The third kappa shape index (κ3) is 5.34. The van der Waals surface area contributed by atoms with Crippen molar-refractivity contribution in [3.63, 3.8) is 0 Å². The Hall–Kier alpha value is -3.32. The molecule has 0 fully saturated rings. The molecule has 0 aliphatic carbocycles. The molecule has 12 nitrogen and oxygen atoms in total. The number of aliphatic hydroxyl groups excluding tert-OH is 1. The minimum atomic E-state index is -0.647. The number of rotatable bonds is 9.